The third-order valence-electron chi connectivity index (χ3n) is 4.20. The summed E-state index contributed by atoms with van der Waals surface area (Å²) in [5, 5.41) is 6.68. The average Bonchev–Trinajstić information content (AvgIpc) is 2.64. The Labute approximate surface area is 163 Å². The Morgan fingerprint density at radius 1 is 1.07 bits per heavy atom. The van der Waals surface area contributed by atoms with Crippen LogP contribution in [0.3, 0.4) is 0 Å². The highest BCUT2D eigenvalue weighted by atomic mass is 35.5. The molecule has 1 aromatic heterocycles. The van der Waals surface area contributed by atoms with Crippen molar-refractivity contribution in [1.82, 2.24) is 15.3 Å². The molecule has 0 aliphatic carbocycles. The first-order chi connectivity index (χ1) is 12.9. The molecule has 1 amide bonds. The van der Waals surface area contributed by atoms with Gasteiger partial charge in [0.15, 0.2) is 0 Å². The first-order valence-corrected chi connectivity index (χ1v) is 9.01. The van der Waals surface area contributed by atoms with Crippen molar-refractivity contribution in [3.8, 4) is 0 Å². The van der Waals surface area contributed by atoms with Gasteiger partial charge >= 0.3 is 0 Å². The van der Waals surface area contributed by atoms with Gasteiger partial charge < -0.3 is 10.6 Å². The van der Waals surface area contributed by atoms with Crippen molar-refractivity contribution in [2.75, 3.05) is 5.32 Å². The summed E-state index contributed by atoms with van der Waals surface area (Å²) >= 11 is 6.12. The fraction of sp³-hybridized carbons (Fsp3) is 0.190. The number of aryl methyl sites for hydroxylation is 3. The second-order valence-electron chi connectivity index (χ2n) is 6.44. The predicted octanol–water partition coefficient (Wildman–Crippen LogP) is 4.73. The van der Waals surface area contributed by atoms with Crippen LogP contribution in [-0.2, 0) is 6.54 Å². The van der Waals surface area contributed by atoms with Crippen LogP contribution >= 0.6 is 11.6 Å². The van der Waals surface area contributed by atoms with Gasteiger partial charge in [0.25, 0.3) is 5.91 Å². The molecule has 0 bridgehead atoms. The van der Waals surface area contributed by atoms with Gasteiger partial charge in [0, 0.05) is 23.5 Å². The zero-order chi connectivity index (χ0) is 19.4. The Balaban J connectivity index is 1.74. The molecule has 3 rings (SSSR count). The quantitative estimate of drug-likeness (QED) is 0.671. The fourth-order valence-electron chi connectivity index (χ4n) is 2.94. The summed E-state index contributed by atoms with van der Waals surface area (Å²) in [6, 6.07) is 13.2. The van der Waals surface area contributed by atoms with Crippen LogP contribution in [0.15, 0.2) is 48.7 Å². The van der Waals surface area contributed by atoms with E-state index in [9.17, 15) is 4.79 Å². The van der Waals surface area contributed by atoms with E-state index in [1.807, 2.05) is 32.0 Å². The third-order valence-corrected chi connectivity index (χ3v) is 4.57. The SMILES string of the molecule is Cc1cc(C)c(Nc2nccc(C(=O)NCc3ccccc3Cl)n2)c(C)c1. The van der Waals surface area contributed by atoms with Crippen molar-refractivity contribution in [1.29, 1.82) is 0 Å². The maximum atomic E-state index is 12.4. The molecule has 1 heterocycles. The minimum atomic E-state index is -0.280. The van der Waals surface area contributed by atoms with Crippen LogP contribution < -0.4 is 10.6 Å². The van der Waals surface area contributed by atoms with Gasteiger partial charge in [-0.15, -0.1) is 0 Å². The number of aromatic nitrogens is 2. The third kappa shape index (κ3) is 4.63. The molecule has 3 aromatic rings. The maximum absolute atomic E-state index is 12.4. The number of nitrogens with one attached hydrogen (secondary N) is 2. The lowest BCUT2D eigenvalue weighted by Gasteiger charge is -2.13. The molecule has 27 heavy (non-hydrogen) atoms. The topological polar surface area (TPSA) is 66.9 Å². The molecule has 0 unspecified atom stereocenters. The summed E-state index contributed by atoms with van der Waals surface area (Å²) in [4.78, 5) is 21.0. The van der Waals surface area contributed by atoms with Crippen LogP contribution in [-0.4, -0.2) is 15.9 Å². The van der Waals surface area contributed by atoms with Crippen molar-refractivity contribution in [3.05, 3.63) is 81.6 Å². The zero-order valence-corrected chi connectivity index (χ0v) is 16.3. The van der Waals surface area contributed by atoms with E-state index in [2.05, 4.69) is 39.7 Å². The van der Waals surface area contributed by atoms with Gasteiger partial charge in [-0.25, -0.2) is 9.97 Å². The van der Waals surface area contributed by atoms with Crippen LogP contribution in [0.25, 0.3) is 0 Å². The average molecular weight is 381 g/mol. The number of rotatable bonds is 5. The van der Waals surface area contributed by atoms with Crippen LogP contribution in [0.5, 0.6) is 0 Å². The van der Waals surface area contributed by atoms with Gasteiger partial charge in [0.2, 0.25) is 5.95 Å². The Kier molecular flexibility index (Phi) is 5.72. The molecule has 0 spiro atoms. The van der Waals surface area contributed by atoms with Gasteiger partial charge in [0.05, 0.1) is 0 Å². The molecular weight excluding hydrogens is 360 g/mol. The summed E-state index contributed by atoms with van der Waals surface area (Å²) in [5.74, 6) is 0.105. The number of amides is 1. The van der Waals surface area contributed by atoms with E-state index in [1.54, 1.807) is 18.3 Å². The molecule has 0 saturated carbocycles. The fourth-order valence-corrected chi connectivity index (χ4v) is 3.14. The summed E-state index contributed by atoms with van der Waals surface area (Å²) in [5.41, 5.74) is 5.50. The molecule has 0 aliphatic heterocycles. The molecule has 138 valence electrons. The second-order valence-corrected chi connectivity index (χ2v) is 6.85. The molecule has 0 aliphatic rings. The Hall–Kier alpha value is -2.92. The summed E-state index contributed by atoms with van der Waals surface area (Å²) in [7, 11) is 0. The van der Waals surface area contributed by atoms with E-state index >= 15 is 0 Å². The molecule has 5 nitrogen and oxygen atoms in total. The molecule has 0 saturated heterocycles. The number of anilines is 2. The van der Waals surface area contributed by atoms with Gasteiger partial charge in [-0.2, -0.15) is 0 Å². The lowest BCUT2D eigenvalue weighted by atomic mass is 10.1. The zero-order valence-electron chi connectivity index (χ0n) is 15.5. The van der Waals surface area contributed by atoms with Crippen LogP contribution in [0.4, 0.5) is 11.6 Å². The largest absolute Gasteiger partial charge is 0.347 e. The van der Waals surface area contributed by atoms with Crippen LogP contribution in [0.2, 0.25) is 5.02 Å². The Bertz CT molecular complexity index is 964. The lowest BCUT2D eigenvalue weighted by molar-refractivity contribution is 0.0946. The molecule has 2 N–H and O–H groups in total. The normalized spacial score (nSPS) is 10.5. The number of hydrogen-bond acceptors (Lipinski definition) is 4. The molecule has 0 radical (unpaired) electrons. The minimum absolute atomic E-state index is 0.280. The summed E-state index contributed by atoms with van der Waals surface area (Å²) in [6.45, 7) is 6.46. The van der Waals surface area contributed by atoms with E-state index < -0.39 is 0 Å². The standard InChI is InChI=1S/C21H21ClN4O/c1-13-10-14(2)19(15(3)11-13)26-21-23-9-8-18(25-21)20(27)24-12-16-6-4-5-7-17(16)22/h4-11H,12H2,1-3H3,(H,24,27)(H,23,25,26). The van der Waals surface area contributed by atoms with Crippen LogP contribution in [0, 0.1) is 20.8 Å². The smallest absolute Gasteiger partial charge is 0.270 e. The minimum Gasteiger partial charge on any atom is -0.347 e. The van der Waals surface area contributed by atoms with Gasteiger partial charge in [-0.3, -0.25) is 4.79 Å². The van der Waals surface area contributed by atoms with Gasteiger partial charge in [0.1, 0.15) is 5.69 Å². The highest BCUT2D eigenvalue weighted by Crippen LogP contribution is 2.24. The van der Waals surface area contributed by atoms with Gasteiger partial charge in [-0.05, 0) is 49.6 Å². The summed E-state index contributed by atoms with van der Waals surface area (Å²) in [6.07, 6.45) is 1.57. The van der Waals surface area contributed by atoms with Crippen molar-refractivity contribution in [2.45, 2.75) is 27.3 Å². The van der Waals surface area contributed by atoms with Gasteiger partial charge in [-0.1, -0.05) is 47.5 Å². The highest BCUT2D eigenvalue weighted by molar-refractivity contribution is 6.31. The van der Waals surface area contributed by atoms with Crippen LogP contribution in [0.1, 0.15) is 32.7 Å². The first-order valence-electron chi connectivity index (χ1n) is 8.63. The lowest BCUT2D eigenvalue weighted by Crippen LogP contribution is -2.24. The van der Waals surface area contributed by atoms with E-state index in [-0.39, 0.29) is 5.91 Å². The second kappa shape index (κ2) is 8.18. The van der Waals surface area contributed by atoms with Crippen molar-refractivity contribution in [3.63, 3.8) is 0 Å². The predicted molar refractivity (Wildman–Crippen MR) is 109 cm³/mol. The van der Waals surface area contributed by atoms with E-state index in [1.165, 1.54) is 5.56 Å². The van der Waals surface area contributed by atoms with Crippen molar-refractivity contribution < 1.29 is 4.79 Å². The molecule has 0 fully saturated rings. The number of hydrogen-bond donors (Lipinski definition) is 2. The molecule has 0 atom stereocenters. The maximum Gasteiger partial charge on any atom is 0.270 e. The number of nitrogens with zero attached hydrogens (tertiary/aromatic N) is 2. The first kappa shape index (κ1) is 18.9. The number of halogens is 1. The molecule has 6 heteroatoms. The van der Waals surface area contributed by atoms with Crippen molar-refractivity contribution in [2.24, 2.45) is 0 Å². The van der Waals surface area contributed by atoms with Crippen molar-refractivity contribution >= 4 is 29.1 Å². The van der Waals surface area contributed by atoms with E-state index in [0.717, 1.165) is 22.4 Å². The summed E-state index contributed by atoms with van der Waals surface area (Å²) < 4.78 is 0. The molecular formula is C21H21ClN4O. The number of carbonyl (C=O) groups is 1. The number of carbonyl (C=O) groups excluding carboxylic acids is 1. The van der Waals surface area contributed by atoms with E-state index in [0.29, 0.717) is 23.2 Å². The Morgan fingerprint density at radius 2 is 1.78 bits per heavy atom. The highest BCUT2D eigenvalue weighted by Gasteiger charge is 2.11. The number of benzene rings is 2. The van der Waals surface area contributed by atoms with E-state index in [4.69, 9.17) is 11.6 Å². The molecule has 2 aromatic carbocycles. The Morgan fingerprint density at radius 3 is 2.48 bits per heavy atom. The monoisotopic (exact) mass is 380 g/mol.